The highest BCUT2D eigenvalue weighted by atomic mass is 32.1. The summed E-state index contributed by atoms with van der Waals surface area (Å²) in [5.41, 5.74) is 0.119. The third-order valence-corrected chi connectivity index (χ3v) is 3.71. The lowest BCUT2D eigenvalue weighted by Gasteiger charge is -2.05. The zero-order valence-electron chi connectivity index (χ0n) is 10.7. The Hall–Kier alpha value is -2.48. The number of hydrogen-bond acceptors (Lipinski definition) is 6. The molecule has 0 amide bonds. The van der Waals surface area contributed by atoms with Gasteiger partial charge in [-0.1, -0.05) is 6.07 Å². The van der Waals surface area contributed by atoms with Crippen molar-refractivity contribution in [3.8, 4) is 0 Å². The second kappa shape index (κ2) is 5.25. The van der Waals surface area contributed by atoms with Crippen LogP contribution in [0.5, 0.6) is 0 Å². The Bertz CT molecular complexity index is 677. The third kappa shape index (κ3) is 2.59. The van der Waals surface area contributed by atoms with Gasteiger partial charge in [0.1, 0.15) is 11.3 Å². The average Bonchev–Trinajstić information content (AvgIpc) is 2.67. The zero-order chi connectivity index (χ0) is 14.9. The number of nitro groups is 1. The molecule has 0 bridgehead atoms. The first-order valence-corrected chi connectivity index (χ1v) is 6.43. The van der Waals surface area contributed by atoms with Crippen LogP contribution < -0.4 is 5.32 Å². The Morgan fingerprint density at radius 2 is 2.15 bits per heavy atom. The van der Waals surface area contributed by atoms with E-state index in [1.807, 2.05) is 13.8 Å². The molecule has 2 aromatic rings. The van der Waals surface area contributed by atoms with Gasteiger partial charge in [0.25, 0.3) is 0 Å². The minimum absolute atomic E-state index is 0.114. The van der Waals surface area contributed by atoms with E-state index in [2.05, 4.69) is 10.3 Å². The summed E-state index contributed by atoms with van der Waals surface area (Å²) in [6.07, 6.45) is 0. The minimum atomic E-state index is -1.34. The predicted molar refractivity (Wildman–Crippen MR) is 74.9 cm³/mol. The summed E-state index contributed by atoms with van der Waals surface area (Å²) < 4.78 is 0. The van der Waals surface area contributed by atoms with E-state index < -0.39 is 16.6 Å². The summed E-state index contributed by atoms with van der Waals surface area (Å²) in [5.74, 6) is -1.34. The lowest BCUT2D eigenvalue weighted by molar-refractivity contribution is -0.384. The van der Waals surface area contributed by atoms with Gasteiger partial charge in [-0.2, -0.15) is 0 Å². The van der Waals surface area contributed by atoms with E-state index in [0.29, 0.717) is 5.13 Å². The summed E-state index contributed by atoms with van der Waals surface area (Å²) in [4.78, 5) is 26.6. The van der Waals surface area contributed by atoms with Crippen molar-refractivity contribution < 1.29 is 14.8 Å². The highest BCUT2D eigenvalue weighted by molar-refractivity contribution is 7.15. The Balaban J connectivity index is 2.48. The number of carboxylic acids is 1. The van der Waals surface area contributed by atoms with Crippen LogP contribution in [-0.4, -0.2) is 21.0 Å². The van der Waals surface area contributed by atoms with Gasteiger partial charge in [0.2, 0.25) is 0 Å². The molecule has 20 heavy (non-hydrogen) atoms. The first-order valence-electron chi connectivity index (χ1n) is 5.62. The number of hydrogen-bond donors (Lipinski definition) is 2. The van der Waals surface area contributed by atoms with Crippen molar-refractivity contribution in [3.05, 3.63) is 44.4 Å². The molecule has 1 aromatic carbocycles. The number of nitro benzene ring substituents is 1. The van der Waals surface area contributed by atoms with Crippen LogP contribution in [0.2, 0.25) is 0 Å². The fourth-order valence-corrected chi connectivity index (χ4v) is 2.48. The van der Waals surface area contributed by atoms with Crippen LogP contribution in [0.4, 0.5) is 16.5 Å². The highest BCUT2D eigenvalue weighted by Crippen LogP contribution is 2.33. The number of thiazole rings is 1. The lowest BCUT2D eigenvalue weighted by Crippen LogP contribution is -2.05. The second-order valence-corrected chi connectivity index (χ2v) is 5.25. The number of nitrogens with zero attached hydrogens (tertiary/aromatic N) is 2. The van der Waals surface area contributed by atoms with Crippen molar-refractivity contribution in [1.29, 1.82) is 0 Å². The molecule has 0 aliphatic carbocycles. The Morgan fingerprint density at radius 1 is 1.45 bits per heavy atom. The number of nitrogens with one attached hydrogen (secondary N) is 1. The maximum Gasteiger partial charge on any atom is 0.342 e. The smallest absolute Gasteiger partial charge is 0.342 e. The quantitative estimate of drug-likeness (QED) is 0.662. The number of anilines is 2. The number of benzene rings is 1. The van der Waals surface area contributed by atoms with Gasteiger partial charge in [-0.05, 0) is 26.0 Å². The monoisotopic (exact) mass is 293 g/mol. The molecular formula is C12H11N3O4S. The van der Waals surface area contributed by atoms with Crippen molar-refractivity contribution in [2.75, 3.05) is 5.32 Å². The molecule has 1 heterocycles. The van der Waals surface area contributed by atoms with Crippen molar-refractivity contribution in [2.24, 2.45) is 0 Å². The molecule has 0 spiro atoms. The van der Waals surface area contributed by atoms with Gasteiger partial charge in [0, 0.05) is 4.88 Å². The van der Waals surface area contributed by atoms with E-state index in [0.717, 1.165) is 10.6 Å². The van der Waals surface area contributed by atoms with Crippen molar-refractivity contribution in [3.63, 3.8) is 0 Å². The fraction of sp³-hybridized carbons (Fsp3) is 0.167. The molecular weight excluding hydrogens is 282 g/mol. The maximum absolute atomic E-state index is 11.1. The van der Waals surface area contributed by atoms with Crippen LogP contribution in [0.15, 0.2) is 18.2 Å². The molecule has 0 saturated carbocycles. The normalized spacial score (nSPS) is 10.3. The standard InChI is InChI=1S/C12H11N3O4S/c1-6-7(2)20-12(13-6)14-9-5-3-4-8(11(16)17)10(9)15(18)19/h3-5H,1-2H3,(H,13,14)(H,16,17). The molecule has 0 radical (unpaired) electrons. The topological polar surface area (TPSA) is 105 Å². The van der Waals surface area contributed by atoms with Crippen molar-refractivity contribution in [1.82, 2.24) is 4.98 Å². The maximum atomic E-state index is 11.1. The molecule has 2 rings (SSSR count). The summed E-state index contributed by atoms with van der Waals surface area (Å²) in [6, 6.07) is 4.10. The Labute approximate surface area is 118 Å². The van der Waals surface area contributed by atoms with E-state index in [-0.39, 0.29) is 11.3 Å². The number of rotatable bonds is 4. The largest absolute Gasteiger partial charge is 0.477 e. The molecule has 104 valence electrons. The molecule has 8 heteroatoms. The molecule has 0 aliphatic heterocycles. The van der Waals surface area contributed by atoms with Gasteiger partial charge < -0.3 is 10.4 Å². The number of carbonyl (C=O) groups is 1. The number of aromatic nitrogens is 1. The minimum Gasteiger partial charge on any atom is -0.477 e. The van der Waals surface area contributed by atoms with Gasteiger partial charge in [0.15, 0.2) is 5.13 Å². The molecule has 0 atom stereocenters. The van der Waals surface area contributed by atoms with Crippen LogP contribution in [0.25, 0.3) is 0 Å². The lowest BCUT2D eigenvalue weighted by atomic mass is 10.1. The van der Waals surface area contributed by atoms with E-state index >= 15 is 0 Å². The van der Waals surface area contributed by atoms with E-state index in [1.165, 1.54) is 29.5 Å². The van der Waals surface area contributed by atoms with Gasteiger partial charge >= 0.3 is 11.7 Å². The van der Waals surface area contributed by atoms with E-state index in [1.54, 1.807) is 0 Å². The van der Waals surface area contributed by atoms with E-state index in [9.17, 15) is 14.9 Å². The molecule has 2 N–H and O–H groups in total. The molecule has 0 saturated heterocycles. The SMILES string of the molecule is Cc1nc(Nc2cccc(C(=O)O)c2[N+](=O)[O-])sc1C. The summed E-state index contributed by atoms with van der Waals surface area (Å²) in [6.45, 7) is 3.72. The molecule has 1 aromatic heterocycles. The first kappa shape index (κ1) is 13.9. The molecule has 7 nitrogen and oxygen atoms in total. The highest BCUT2D eigenvalue weighted by Gasteiger charge is 2.24. The van der Waals surface area contributed by atoms with Gasteiger partial charge in [-0.15, -0.1) is 11.3 Å². The Kier molecular flexibility index (Phi) is 3.66. The van der Waals surface area contributed by atoms with E-state index in [4.69, 9.17) is 5.11 Å². The van der Waals surface area contributed by atoms with Gasteiger partial charge in [-0.25, -0.2) is 9.78 Å². The summed E-state index contributed by atoms with van der Waals surface area (Å²) >= 11 is 1.35. The number of carboxylic acid groups (broad SMARTS) is 1. The summed E-state index contributed by atoms with van der Waals surface area (Å²) in [7, 11) is 0. The zero-order valence-corrected chi connectivity index (χ0v) is 11.5. The fourth-order valence-electron chi connectivity index (χ4n) is 1.66. The number of aryl methyl sites for hydroxylation is 2. The van der Waals surface area contributed by atoms with Crippen LogP contribution in [-0.2, 0) is 0 Å². The third-order valence-electron chi connectivity index (χ3n) is 2.72. The van der Waals surface area contributed by atoms with Crippen LogP contribution in [0.1, 0.15) is 20.9 Å². The number of aromatic carboxylic acids is 1. The predicted octanol–water partition coefficient (Wildman–Crippen LogP) is 3.11. The average molecular weight is 293 g/mol. The molecule has 0 aliphatic rings. The van der Waals surface area contributed by atoms with Gasteiger partial charge in [-0.3, -0.25) is 10.1 Å². The van der Waals surface area contributed by atoms with Crippen LogP contribution in [0, 0.1) is 24.0 Å². The van der Waals surface area contributed by atoms with Crippen molar-refractivity contribution >= 4 is 33.8 Å². The van der Waals surface area contributed by atoms with Crippen LogP contribution >= 0.6 is 11.3 Å². The second-order valence-electron chi connectivity index (χ2n) is 4.05. The molecule has 0 fully saturated rings. The first-order chi connectivity index (χ1) is 9.40. The van der Waals surface area contributed by atoms with Crippen molar-refractivity contribution in [2.45, 2.75) is 13.8 Å². The van der Waals surface area contributed by atoms with Crippen LogP contribution in [0.3, 0.4) is 0 Å². The summed E-state index contributed by atoms with van der Waals surface area (Å²) in [5, 5.41) is 23.4. The van der Waals surface area contributed by atoms with Gasteiger partial charge in [0.05, 0.1) is 10.6 Å². The number of para-hydroxylation sites is 1. The molecule has 0 unspecified atom stereocenters. The Morgan fingerprint density at radius 3 is 2.65 bits per heavy atom.